The van der Waals surface area contributed by atoms with Gasteiger partial charge in [-0.15, -0.1) is 10.5 Å². The number of aliphatic hydroxyl groups excluding tert-OH is 1. The Bertz CT molecular complexity index is 171. The summed E-state index contributed by atoms with van der Waals surface area (Å²) in [4.78, 5) is 13.3. The molecule has 0 aliphatic carbocycles. The van der Waals surface area contributed by atoms with E-state index in [4.69, 9.17) is 5.11 Å². The molecule has 0 spiro atoms. The first-order valence-electron chi connectivity index (χ1n) is 1.84. The molecule has 1 aliphatic heterocycles. The van der Waals surface area contributed by atoms with E-state index in [1.807, 2.05) is 0 Å². The van der Waals surface area contributed by atoms with Crippen molar-refractivity contribution in [1.82, 2.24) is 5.43 Å². The Morgan fingerprint density at radius 3 is 2.75 bits per heavy atom. The van der Waals surface area contributed by atoms with Gasteiger partial charge in [-0.05, 0) is 0 Å². The van der Waals surface area contributed by atoms with Crippen LogP contribution in [0, 0.1) is 0 Å². The van der Waals surface area contributed by atoms with E-state index >= 15 is 0 Å². The van der Waals surface area contributed by atoms with Crippen LogP contribution >= 0.6 is 0 Å². The molecule has 1 rings (SSSR count). The van der Waals surface area contributed by atoms with Crippen LogP contribution in [0.5, 0.6) is 0 Å². The molecule has 0 aromatic heterocycles. The highest BCUT2D eigenvalue weighted by Gasteiger charge is 2.09. The van der Waals surface area contributed by atoms with Crippen LogP contribution in [0.1, 0.15) is 0 Å². The van der Waals surface area contributed by atoms with Crippen molar-refractivity contribution in [3.05, 3.63) is 0 Å². The molecule has 41 valence electrons. The summed E-state index contributed by atoms with van der Waals surface area (Å²) in [6, 6.07) is 0. The van der Waals surface area contributed by atoms with Crippen molar-refractivity contribution in [2.45, 2.75) is 0 Å². The molecule has 0 bridgehead atoms. The number of carbonyl (C=O) groups is 1. The second kappa shape index (κ2) is 1.61. The van der Waals surface area contributed by atoms with E-state index in [-0.39, 0.29) is 0 Å². The maximum Gasteiger partial charge on any atom is 0.335 e. The Hall–Kier alpha value is -1.39. The monoisotopic (exact) mass is 112 g/mol. The summed E-state index contributed by atoms with van der Waals surface area (Å²) in [6.07, 6.45) is 0.974. The van der Waals surface area contributed by atoms with Crippen LogP contribution in [0.15, 0.2) is 10.1 Å². The van der Waals surface area contributed by atoms with Gasteiger partial charge in [0.05, 0.1) is 0 Å². The molecule has 0 unspecified atom stereocenters. The number of amides is 1. The average molecular weight is 112 g/mol. The first-order chi connectivity index (χ1) is 3.80. The third kappa shape index (κ3) is 0.651. The minimum Gasteiger partial charge on any atom is -0.488 e. The number of carbonyl (C=O) groups excluding carboxylic acids is 1. The van der Waals surface area contributed by atoms with Crippen molar-refractivity contribution in [1.29, 1.82) is 0 Å². The number of nitrogens with zero attached hydrogens (tertiary/aromatic N) is 3. The molecule has 0 saturated carbocycles. The molecule has 0 saturated heterocycles. The second-order valence-electron chi connectivity index (χ2n) is 1.09. The van der Waals surface area contributed by atoms with Gasteiger partial charge in [0.2, 0.25) is 0 Å². The zero-order valence-electron chi connectivity index (χ0n) is 3.77. The number of rotatable bonds is 0. The van der Waals surface area contributed by atoms with Crippen LogP contribution in [0.25, 0.3) is 0 Å². The Kier molecular flexibility index (Phi) is 0.957. The van der Waals surface area contributed by atoms with Crippen LogP contribution in [0.3, 0.4) is 0 Å². The normalized spacial score (nSPS) is 17.5. The smallest absolute Gasteiger partial charge is 0.335 e. The lowest BCUT2D eigenvalue weighted by atomic mass is 10.6. The Morgan fingerprint density at radius 1 is 1.62 bits per heavy atom. The lowest BCUT2D eigenvalue weighted by Gasteiger charge is -1.93. The summed E-state index contributed by atoms with van der Waals surface area (Å²) in [7, 11) is 0. The molecule has 0 aromatic rings. The van der Waals surface area contributed by atoms with Crippen LogP contribution in [0.4, 0.5) is 0 Å². The maximum atomic E-state index is 10.2. The third-order valence-corrected chi connectivity index (χ3v) is 0.570. The highest BCUT2D eigenvalue weighted by molar-refractivity contribution is 6.36. The van der Waals surface area contributed by atoms with E-state index in [1.165, 1.54) is 0 Å². The second-order valence-corrected chi connectivity index (χ2v) is 1.09. The van der Waals surface area contributed by atoms with E-state index in [0.717, 1.165) is 6.34 Å². The van der Waals surface area contributed by atoms with Gasteiger partial charge in [-0.25, -0.2) is 0 Å². The van der Waals surface area contributed by atoms with Gasteiger partial charge < -0.3 is 5.11 Å². The first-order valence-corrected chi connectivity index (χ1v) is 1.84. The summed E-state index contributed by atoms with van der Waals surface area (Å²) in [5.74, 6) is -1.41. The molecule has 0 fully saturated rings. The highest BCUT2D eigenvalue weighted by atomic mass is 16.3. The fourth-order valence-corrected chi connectivity index (χ4v) is 0.259. The zero-order valence-corrected chi connectivity index (χ0v) is 3.77. The fraction of sp³-hybridized carbons (Fsp3) is 0. The Morgan fingerprint density at radius 2 is 2.38 bits per heavy atom. The minimum atomic E-state index is -0.750. The standard InChI is InChI=1S/C3H2N3O2/c7-2-3(8)6-5-1-4-2/h1H,(H,6,8). The summed E-state index contributed by atoms with van der Waals surface area (Å²) in [5, 5.41) is 11.4. The van der Waals surface area contributed by atoms with Crippen LogP contribution in [-0.2, 0) is 4.79 Å². The van der Waals surface area contributed by atoms with Crippen molar-refractivity contribution < 1.29 is 9.90 Å². The molecule has 0 atom stereocenters. The molecule has 5 heteroatoms. The maximum absolute atomic E-state index is 10.2. The third-order valence-electron chi connectivity index (χ3n) is 0.570. The molecule has 1 radical (unpaired) electrons. The topological polar surface area (TPSA) is 76.1 Å². The van der Waals surface area contributed by atoms with E-state index in [1.54, 1.807) is 0 Å². The van der Waals surface area contributed by atoms with Gasteiger partial charge in [-0.3, -0.25) is 4.79 Å². The Labute approximate surface area is 44.7 Å². The predicted molar refractivity (Wildman–Crippen MR) is 25.7 cm³/mol. The van der Waals surface area contributed by atoms with Crippen molar-refractivity contribution in [3.8, 4) is 0 Å². The molecule has 5 nitrogen and oxygen atoms in total. The molecule has 1 aliphatic rings. The average Bonchev–Trinajstić information content (AvgIpc) is 1.77. The molecule has 1 amide bonds. The molecule has 1 N–H and O–H groups in total. The quantitative estimate of drug-likeness (QED) is 0.437. The van der Waals surface area contributed by atoms with Gasteiger partial charge in [0.15, 0.2) is 0 Å². The van der Waals surface area contributed by atoms with Crippen molar-refractivity contribution >= 4 is 18.1 Å². The number of aliphatic hydroxyl groups is 1. The van der Waals surface area contributed by atoms with Crippen LogP contribution in [0.2, 0.25) is 0 Å². The van der Waals surface area contributed by atoms with E-state index in [9.17, 15) is 4.79 Å². The predicted octanol–water partition coefficient (Wildman–Crippen LogP) is -0.969. The summed E-state index contributed by atoms with van der Waals surface area (Å²) in [5.41, 5.74) is 3.13. The van der Waals surface area contributed by atoms with Crippen molar-refractivity contribution in [2.24, 2.45) is 10.1 Å². The summed E-state index contributed by atoms with van der Waals surface area (Å²) >= 11 is 0. The lowest BCUT2D eigenvalue weighted by molar-refractivity contribution is -0.112. The van der Waals surface area contributed by atoms with E-state index < -0.39 is 11.8 Å². The summed E-state index contributed by atoms with van der Waals surface area (Å²) in [6.45, 7) is 0. The van der Waals surface area contributed by atoms with Crippen LogP contribution in [-0.4, -0.2) is 23.2 Å². The molecular formula is C3H2N3O2. The van der Waals surface area contributed by atoms with Crippen LogP contribution < -0.4 is 5.43 Å². The van der Waals surface area contributed by atoms with E-state index in [0.29, 0.717) is 0 Å². The van der Waals surface area contributed by atoms with Crippen molar-refractivity contribution in [3.63, 3.8) is 0 Å². The summed E-state index contributed by atoms with van der Waals surface area (Å²) < 4.78 is 0. The number of hydrogen-bond donors (Lipinski definition) is 1. The zero-order chi connectivity index (χ0) is 5.98. The first kappa shape index (κ1) is 4.76. The van der Waals surface area contributed by atoms with Gasteiger partial charge in [-0.1, -0.05) is 0 Å². The highest BCUT2D eigenvalue weighted by Crippen LogP contribution is 1.81. The number of aliphatic imine (C=N–C) groups is 1. The minimum absolute atomic E-state index is 0.660. The molecule has 1 heterocycles. The van der Waals surface area contributed by atoms with Gasteiger partial charge in [-0.2, -0.15) is 4.99 Å². The molecule has 8 heavy (non-hydrogen) atoms. The largest absolute Gasteiger partial charge is 0.488 e. The fourth-order valence-electron chi connectivity index (χ4n) is 0.259. The lowest BCUT2D eigenvalue weighted by Crippen LogP contribution is -2.18. The van der Waals surface area contributed by atoms with Gasteiger partial charge in [0, 0.05) is 0 Å². The molecular weight excluding hydrogens is 110 g/mol. The van der Waals surface area contributed by atoms with Gasteiger partial charge in [0.1, 0.15) is 6.34 Å². The SMILES string of the molecule is O=C1N=C[N]N=C1O. The number of hydrogen-bond acceptors (Lipinski definition) is 2. The van der Waals surface area contributed by atoms with Gasteiger partial charge >= 0.3 is 5.91 Å². The Balaban J connectivity index is 2.78. The van der Waals surface area contributed by atoms with Gasteiger partial charge in [0.25, 0.3) is 5.90 Å². The molecule has 0 aromatic carbocycles. The van der Waals surface area contributed by atoms with E-state index in [2.05, 4.69) is 15.5 Å². The van der Waals surface area contributed by atoms with Crippen molar-refractivity contribution in [2.75, 3.05) is 0 Å².